The highest BCUT2D eigenvalue weighted by molar-refractivity contribution is 5.97. The number of carboxylic acids is 1. The lowest BCUT2D eigenvalue weighted by Crippen LogP contribution is -2.17. The Morgan fingerprint density at radius 3 is 2.96 bits per heavy atom. The van der Waals surface area contributed by atoms with Crippen molar-refractivity contribution in [1.82, 2.24) is 10.3 Å². The predicted octanol–water partition coefficient (Wildman–Crippen LogP) is 3.53. The average molecular weight is 358 g/mol. The van der Waals surface area contributed by atoms with Crippen LogP contribution < -0.4 is 10.1 Å². The number of ether oxygens (including phenoxy) is 1. The number of nitrogens with zero attached hydrogens (tertiary/aromatic N) is 1. The van der Waals surface area contributed by atoms with Gasteiger partial charge in [0.25, 0.3) is 0 Å². The highest BCUT2D eigenvalue weighted by Crippen LogP contribution is 2.35. The van der Waals surface area contributed by atoms with Crippen molar-refractivity contribution in [2.75, 3.05) is 13.2 Å². The lowest BCUT2D eigenvalue weighted by Gasteiger charge is -2.09. The summed E-state index contributed by atoms with van der Waals surface area (Å²) in [5, 5.41) is 12.8. The second kappa shape index (κ2) is 7.97. The standard InChI is InChI=1S/C19H19FN2O4/c1-12-16-15(26-17(12)19(23)24)6-5-14(20)18(16)25-9-3-8-22-11-13-4-2-7-21-10-13/h2,4-7,10,22H,3,8-9,11H2,1H3,(H,23,24). The molecule has 2 N–H and O–H groups in total. The van der Waals surface area contributed by atoms with Crippen molar-refractivity contribution in [2.45, 2.75) is 19.9 Å². The second-order valence-corrected chi connectivity index (χ2v) is 5.85. The molecule has 7 heteroatoms. The van der Waals surface area contributed by atoms with Gasteiger partial charge in [-0.25, -0.2) is 9.18 Å². The number of hydrogen-bond acceptors (Lipinski definition) is 5. The van der Waals surface area contributed by atoms with Gasteiger partial charge < -0.3 is 19.6 Å². The molecule has 0 amide bonds. The van der Waals surface area contributed by atoms with Crippen molar-refractivity contribution < 1.29 is 23.4 Å². The maximum absolute atomic E-state index is 14.2. The van der Waals surface area contributed by atoms with E-state index in [0.29, 0.717) is 42.6 Å². The first-order chi connectivity index (χ1) is 12.6. The van der Waals surface area contributed by atoms with E-state index >= 15 is 0 Å². The Labute approximate surface area is 149 Å². The van der Waals surface area contributed by atoms with Crippen LogP contribution in [0.25, 0.3) is 11.0 Å². The van der Waals surface area contributed by atoms with Gasteiger partial charge in [-0.1, -0.05) is 6.07 Å². The molecule has 0 bridgehead atoms. The summed E-state index contributed by atoms with van der Waals surface area (Å²) in [6.07, 6.45) is 4.18. The zero-order chi connectivity index (χ0) is 18.5. The number of rotatable bonds is 8. The SMILES string of the molecule is Cc1c(C(=O)O)oc2ccc(F)c(OCCCNCc3cccnc3)c12. The zero-order valence-electron chi connectivity index (χ0n) is 14.3. The van der Waals surface area contributed by atoms with Gasteiger partial charge in [0.1, 0.15) is 5.58 Å². The number of nitrogens with one attached hydrogen (secondary N) is 1. The number of carboxylic acid groups (broad SMARTS) is 1. The highest BCUT2D eigenvalue weighted by atomic mass is 19.1. The largest absolute Gasteiger partial charge is 0.490 e. The number of benzene rings is 1. The fourth-order valence-corrected chi connectivity index (χ4v) is 2.73. The summed E-state index contributed by atoms with van der Waals surface area (Å²) in [5.41, 5.74) is 1.74. The molecular formula is C19H19FN2O4. The third-order valence-corrected chi connectivity index (χ3v) is 3.99. The molecule has 2 aromatic heterocycles. The Morgan fingerprint density at radius 2 is 2.23 bits per heavy atom. The van der Waals surface area contributed by atoms with Gasteiger partial charge in [0.05, 0.1) is 12.0 Å². The van der Waals surface area contributed by atoms with E-state index in [2.05, 4.69) is 10.3 Å². The van der Waals surface area contributed by atoms with Crippen LogP contribution in [0.1, 0.15) is 28.1 Å². The van der Waals surface area contributed by atoms with Crippen LogP contribution in [0.4, 0.5) is 4.39 Å². The minimum Gasteiger partial charge on any atom is -0.490 e. The Kier molecular flexibility index (Phi) is 5.48. The normalized spacial score (nSPS) is 11.0. The third kappa shape index (κ3) is 3.83. The third-order valence-electron chi connectivity index (χ3n) is 3.99. The molecule has 26 heavy (non-hydrogen) atoms. The van der Waals surface area contributed by atoms with Gasteiger partial charge in [-0.2, -0.15) is 0 Å². The van der Waals surface area contributed by atoms with E-state index < -0.39 is 11.8 Å². The van der Waals surface area contributed by atoms with E-state index in [1.165, 1.54) is 12.1 Å². The molecule has 3 aromatic rings. The van der Waals surface area contributed by atoms with Crippen LogP contribution in [0, 0.1) is 12.7 Å². The predicted molar refractivity (Wildman–Crippen MR) is 93.9 cm³/mol. The van der Waals surface area contributed by atoms with Crippen LogP contribution in [0.5, 0.6) is 5.75 Å². The fourth-order valence-electron chi connectivity index (χ4n) is 2.73. The first kappa shape index (κ1) is 17.9. The molecule has 0 saturated heterocycles. The molecule has 1 aromatic carbocycles. The lowest BCUT2D eigenvalue weighted by molar-refractivity contribution is 0.0664. The average Bonchev–Trinajstić information content (AvgIpc) is 2.98. The molecular weight excluding hydrogens is 339 g/mol. The molecule has 0 aliphatic heterocycles. The number of carbonyl (C=O) groups is 1. The van der Waals surface area contributed by atoms with Gasteiger partial charge in [-0.3, -0.25) is 4.98 Å². The van der Waals surface area contributed by atoms with Gasteiger partial charge in [0.15, 0.2) is 11.6 Å². The Bertz CT molecular complexity index is 909. The smallest absolute Gasteiger partial charge is 0.372 e. The van der Waals surface area contributed by atoms with Gasteiger partial charge in [-0.05, 0) is 43.7 Å². The van der Waals surface area contributed by atoms with Crippen molar-refractivity contribution in [3.8, 4) is 5.75 Å². The monoisotopic (exact) mass is 358 g/mol. The zero-order valence-corrected chi connectivity index (χ0v) is 14.3. The van der Waals surface area contributed by atoms with Crippen LogP contribution in [0.3, 0.4) is 0 Å². The van der Waals surface area contributed by atoms with E-state index in [1.807, 2.05) is 12.1 Å². The van der Waals surface area contributed by atoms with Crippen molar-refractivity contribution in [2.24, 2.45) is 0 Å². The number of aromatic nitrogens is 1. The lowest BCUT2D eigenvalue weighted by atomic mass is 10.1. The van der Waals surface area contributed by atoms with Crippen LogP contribution in [-0.2, 0) is 6.54 Å². The number of hydrogen-bond donors (Lipinski definition) is 2. The summed E-state index contributed by atoms with van der Waals surface area (Å²) in [7, 11) is 0. The molecule has 0 atom stereocenters. The molecule has 0 aliphatic rings. The molecule has 0 saturated carbocycles. The second-order valence-electron chi connectivity index (χ2n) is 5.85. The van der Waals surface area contributed by atoms with Gasteiger partial charge in [0.2, 0.25) is 5.76 Å². The van der Waals surface area contributed by atoms with E-state index in [4.69, 9.17) is 14.3 Å². The number of fused-ring (bicyclic) bond motifs is 1. The van der Waals surface area contributed by atoms with Gasteiger partial charge >= 0.3 is 5.97 Å². The molecule has 0 fully saturated rings. The van der Waals surface area contributed by atoms with Crippen LogP contribution in [-0.4, -0.2) is 29.2 Å². The van der Waals surface area contributed by atoms with Crippen molar-refractivity contribution >= 4 is 16.9 Å². The van der Waals surface area contributed by atoms with Gasteiger partial charge in [-0.15, -0.1) is 0 Å². The van der Waals surface area contributed by atoms with Crippen LogP contribution >= 0.6 is 0 Å². The van der Waals surface area contributed by atoms with Crippen molar-refractivity contribution in [3.05, 3.63) is 59.4 Å². The molecule has 0 spiro atoms. The minimum absolute atomic E-state index is 0.0310. The van der Waals surface area contributed by atoms with Gasteiger partial charge in [0, 0.05) is 24.5 Å². The van der Waals surface area contributed by atoms with E-state index in [1.54, 1.807) is 19.3 Å². The number of pyridine rings is 1. The first-order valence-electron chi connectivity index (χ1n) is 8.25. The number of halogens is 1. The molecule has 136 valence electrons. The number of aromatic carboxylic acids is 1. The summed E-state index contributed by atoms with van der Waals surface area (Å²) in [4.78, 5) is 15.2. The van der Waals surface area contributed by atoms with E-state index in [9.17, 15) is 9.18 Å². The fraction of sp³-hybridized carbons (Fsp3) is 0.263. The molecule has 3 rings (SSSR count). The van der Waals surface area contributed by atoms with E-state index in [-0.39, 0.29) is 11.5 Å². The Hall–Kier alpha value is -2.93. The quantitative estimate of drug-likeness (QED) is 0.599. The Balaban J connectivity index is 1.60. The summed E-state index contributed by atoms with van der Waals surface area (Å²) >= 11 is 0. The van der Waals surface area contributed by atoms with Crippen LogP contribution in [0.2, 0.25) is 0 Å². The Morgan fingerprint density at radius 1 is 1.38 bits per heavy atom. The molecule has 0 radical (unpaired) electrons. The molecule has 0 aliphatic carbocycles. The molecule has 2 heterocycles. The van der Waals surface area contributed by atoms with Crippen molar-refractivity contribution in [3.63, 3.8) is 0 Å². The summed E-state index contributed by atoms with van der Waals surface area (Å²) in [6, 6.07) is 6.48. The first-order valence-corrected chi connectivity index (χ1v) is 8.25. The maximum Gasteiger partial charge on any atom is 0.372 e. The molecule has 0 unspecified atom stereocenters. The summed E-state index contributed by atoms with van der Waals surface area (Å²) < 4.78 is 25.1. The summed E-state index contributed by atoms with van der Waals surface area (Å²) in [6.45, 7) is 3.26. The molecule has 6 nitrogen and oxygen atoms in total. The van der Waals surface area contributed by atoms with Crippen molar-refractivity contribution in [1.29, 1.82) is 0 Å². The highest BCUT2D eigenvalue weighted by Gasteiger charge is 2.21. The maximum atomic E-state index is 14.2. The van der Waals surface area contributed by atoms with Crippen LogP contribution in [0.15, 0.2) is 41.1 Å². The topological polar surface area (TPSA) is 84.6 Å². The number of furan rings is 1. The minimum atomic E-state index is -1.19. The van der Waals surface area contributed by atoms with E-state index in [0.717, 1.165) is 5.56 Å². The summed E-state index contributed by atoms with van der Waals surface area (Å²) in [5.74, 6) is -1.90. The number of aryl methyl sites for hydroxylation is 1.